The maximum atomic E-state index is 11.6. The van der Waals surface area contributed by atoms with Gasteiger partial charge in [-0.1, -0.05) is 60.7 Å². The molecule has 164 valence electrons. The van der Waals surface area contributed by atoms with Crippen LogP contribution < -0.4 is 0 Å². The van der Waals surface area contributed by atoms with Gasteiger partial charge in [-0.3, -0.25) is 0 Å². The van der Waals surface area contributed by atoms with Gasteiger partial charge < -0.3 is 9.84 Å². The molecular formula is C26H24O4S2. The minimum absolute atomic E-state index is 0.234. The number of hydrogen-bond donors (Lipinski definition) is 1. The van der Waals surface area contributed by atoms with Crippen LogP contribution in [0.5, 0.6) is 0 Å². The average Bonchev–Trinajstić information content (AvgIpc) is 3.39. The Morgan fingerprint density at radius 3 is 1.62 bits per heavy atom. The van der Waals surface area contributed by atoms with Gasteiger partial charge in [0.2, 0.25) is 0 Å². The molecule has 0 unspecified atom stereocenters. The third-order valence-electron chi connectivity index (χ3n) is 4.69. The van der Waals surface area contributed by atoms with Crippen molar-refractivity contribution in [1.82, 2.24) is 0 Å². The van der Waals surface area contributed by atoms with Gasteiger partial charge in [0.05, 0.1) is 6.61 Å². The van der Waals surface area contributed by atoms with Crippen LogP contribution in [0.4, 0.5) is 0 Å². The van der Waals surface area contributed by atoms with E-state index in [1.165, 1.54) is 22.7 Å². The summed E-state index contributed by atoms with van der Waals surface area (Å²) >= 11 is 2.80. The van der Waals surface area contributed by atoms with Gasteiger partial charge >= 0.3 is 11.9 Å². The number of carboxylic acids is 1. The van der Waals surface area contributed by atoms with Crippen molar-refractivity contribution in [2.75, 3.05) is 6.61 Å². The second-order valence-corrected chi connectivity index (χ2v) is 9.43. The third kappa shape index (κ3) is 5.72. The second kappa shape index (κ2) is 10.9. The number of esters is 1. The van der Waals surface area contributed by atoms with Crippen molar-refractivity contribution in [3.63, 3.8) is 0 Å². The molecule has 6 heteroatoms. The molecule has 0 aliphatic heterocycles. The lowest BCUT2D eigenvalue weighted by atomic mass is 10.1. The molecule has 4 aromatic rings. The van der Waals surface area contributed by atoms with E-state index < -0.39 is 5.97 Å². The smallest absolute Gasteiger partial charge is 0.348 e. The summed E-state index contributed by atoms with van der Waals surface area (Å²) < 4.78 is 5.00. The molecule has 0 aliphatic carbocycles. The van der Waals surface area contributed by atoms with Gasteiger partial charge in [0, 0.05) is 9.75 Å². The van der Waals surface area contributed by atoms with E-state index in [1.807, 2.05) is 87.5 Å². The highest BCUT2D eigenvalue weighted by atomic mass is 32.1. The van der Waals surface area contributed by atoms with Crippen molar-refractivity contribution in [3.8, 4) is 22.3 Å². The first-order chi connectivity index (χ1) is 15.4. The number of benzene rings is 2. The first-order valence-electron chi connectivity index (χ1n) is 10.1. The standard InChI is InChI=1S/C14H14O2S.C12H10O2S/c1-3-16-14(15)13-9-12(10(2)17-13)11-7-5-4-6-8-11;1-8-10(7-11(15-8)12(13)14)9-5-3-2-4-6-9/h4-9H,3H2,1-2H3;2-7H,1H3,(H,13,14). The Kier molecular flexibility index (Phi) is 7.98. The highest BCUT2D eigenvalue weighted by molar-refractivity contribution is 7.14. The molecule has 2 aromatic heterocycles. The van der Waals surface area contributed by atoms with E-state index in [4.69, 9.17) is 9.84 Å². The molecule has 0 bridgehead atoms. The first kappa shape index (κ1) is 23.4. The summed E-state index contributed by atoms with van der Waals surface area (Å²) in [6.07, 6.45) is 0. The van der Waals surface area contributed by atoms with Crippen molar-refractivity contribution in [1.29, 1.82) is 0 Å². The SMILES string of the molecule is CCOC(=O)c1cc(-c2ccccc2)c(C)s1.Cc1sc(C(=O)O)cc1-c1ccccc1. The van der Waals surface area contributed by atoms with E-state index in [-0.39, 0.29) is 5.97 Å². The largest absolute Gasteiger partial charge is 0.477 e. The van der Waals surface area contributed by atoms with Gasteiger partial charge in [0.25, 0.3) is 0 Å². The Balaban J connectivity index is 0.000000182. The van der Waals surface area contributed by atoms with E-state index >= 15 is 0 Å². The average molecular weight is 465 g/mol. The Hall–Kier alpha value is -3.22. The predicted molar refractivity (Wildman–Crippen MR) is 132 cm³/mol. The lowest BCUT2D eigenvalue weighted by Crippen LogP contribution is -2.01. The zero-order chi connectivity index (χ0) is 23.1. The quantitative estimate of drug-likeness (QED) is 0.314. The van der Waals surface area contributed by atoms with Crippen molar-refractivity contribution >= 4 is 34.6 Å². The Morgan fingerprint density at radius 1 is 0.781 bits per heavy atom. The summed E-state index contributed by atoms with van der Waals surface area (Å²) in [7, 11) is 0. The van der Waals surface area contributed by atoms with Gasteiger partial charge in [-0.25, -0.2) is 9.59 Å². The normalized spacial score (nSPS) is 10.2. The molecule has 4 nitrogen and oxygen atoms in total. The van der Waals surface area contributed by atoms with E-state index in [0.717, 1.165) is 32.0 Å². The number of hydrogen-bond acceptors (Lipinski definition) is 5. The summed E-state index contributed by atoms with van der Waals surface area (Å²) in [6.45, 7) is 6.20. The number of thiophene rings is 2. The van der Waals surface area contributed by atoms with Gasteiger partial charge in [0.15, 0.2) is 0 Å². The molecule has 32 heavy (non-hydrogen) atoms. The zero-order valence-electron chi connectivity index (χ0n) is 18.1. The molecule has 0 saturated carbocycles. The molecule has 1 N–H and O–H groups in total. The van der Waals surface area contributed by atoms with Crippen LogP contribution in [-0.2, 0) is 4.74 Å². The molecule has 0 saturated heterocycles. The zero-order valence-corrected chi connectivity index (χ0v) is 19.8. The van der Waals surface area contributed by atoms with Crippen LogP contribution in [0.2, 0.25) is 0 Å². The lowest BCUT2D eigenvalue weighted by Gasteiger charge is -1.98. The number of ether oxygens (including phenoxy) is 1. The van der Waals surface area contributed by atoms with E-state index in [0.29, 0.717) is 16.4 Å². The topological polar surface area (TPSA) is 63.6 Å². The van der Waals surface area contributed by atoms with E-state index in [1.54, 1.807) is 6.07 Å². The third-order valence-corrected chi connectivity index (χ3v) is 6.76. The number of carboxylic acid groups (broad SMARTS) is 1. The fraction of sp³-hybridized carbons (Fsp3) is 0.154. The predicted octanol–water partition coefficient (Wildman–Crippen LogP) is 7.32. The number of carbonyl (C=O) groups excluding carboxylic acids is 1. The minimum Gasteiger partial charge on any atom is -0.477 e. The van der Waals surface area contributed by atoms with Crippen molar-refractivity contribution in [2.24, 2.45) is 0 Å². The van der Waals surface area contributed by atoms with Crippen LogP contribution in [0.1, 0.15) is 36.0 Å². The molecule has 0 amide bonds. The van der Waals surface area contributed by atoms with Gasteiger partial charge in [-0.05, 0) is 55.2 Å². The highest BCUT2D eigenvalue weighted by Gasteiger charge is 2.14. The summed E-state index contributed by atoms with van der Waals surface area (Å²) in [4.78, 5) is 25.7. The van der Waals surface area contributed by atoms with Crippen LogP contribution in [0.15, 0.2) is 72.8 Å². The van der Waals surface area contributed by atoms with Gasteiger partial charge in [-0.15, -0.1) is 22.7 Å². The van der Waals surface area contributed by atoms with E-state index in [9.17, 15) is 9.59 Å². The minimum atomic E-state index is -0.856. The Morgan fingerprint density at radius 2 is 1.22 bits per heavy atom. The molecule has 2 aromatic carbocycles. The number of carbonyl (C=O) groups is 2. The highest BCUT2D eigenvalue weighted by Crippen LogP contribution is 2.32. The van der Waals surface area contributed by atoms with Crippen LogP contribution >= 0.6 is 22.7 Å². The first-order valence-corrected chi connectivity index (χ1v) is 11.8. The summed E-state index contributed by atoms with van der Waals surface area (Å²) in [5, 5.41) is 8.88. The van der Waals surface area contributed by atoms with Gasteiger partial charge in [-0.2, -0.15) is 0 Å². The fourth-order valence-electron chi connectivity index (χ4n) is 3.18. The number of aromatic carboxylic acids is 1. The summed E-state index contributed by atoms with van der Waals surface area (Å²) in [5.74, 6) is -1.09. The van der Waals surface area contributed by atoms with Crippen LogP contribution in [0.25, 0.3) is 22.3 Å². The number of aryl methyl sites for hydroxylation is 2. The summed E-state index contributed by atoms with van der Waals surface area (Å²) in [6, 6.07) is 23.5. The Labute approximate surface area is 195 Å². The van der Waals surface area contributed by atoms with Crippen LogP contribution in [-0.4, -0.2) is 23.7 Å². The molecular weight excluding hydrogens is 440 g/mol. The summed E-state index contributed by atoms with van der Waals surface area (Å²) in [5.41, 5.74) is 4.33. The molecule has 2 heterocycles. The molecule has 0 atom stereocenters. The fourth-order valence-corrected chi connectivity index (χ4v) is 5.00. The molecule has 0 aliphatic rings. The molecule has 0 fully saturated rings. The van der Waals surface area contributed by atoms with Crippen molar-refractivity contribution in [3.05, 3.63) is 92.3 Å². The molecule has 0 radical (unpaired) electrons. The van der Waals surface area contributed by atoms with Crippen molar-refractivity contribution in [2.45, 2.75) is 20.8 Å². The van der Waals surface area contributed by atoms with Gasteiger partial charge in [0.1, 0.15) is 9.75 Å². The molecule has 0 spiro atoms. The maximum absolute atomic E-state index is 11.6. The second-order valence-electron chi connectivity index (χ2n) is 6.92. The monoisotopic (exact) mass is 464 g/mol. The van der Waals surface area contributed by atoms with Crippen LogP contribution in [0.3, 0.4) is 0 Å². The molecule has 4 rings (SSSR count). The maximum Gasteiger partial charge on any atom is 0.348 e. The number of rotatable bonds is 5. The lowest BCUT2D eigenvalue weighted by molar-refractivity contribution is 0.0531. The Bertz CT molecular complexity index is 1190. The van der Waals surface area contributed by atoms with Crippen LogP contribution in [0, 0.1) is 13.8 Å². The van der Waals surface area contributed by atoms with E-state index in [2.05, 4.69) is 0 Å². The van der Waals surface area contributed by atoms with Crippen molar-refractivity contribution < 1.29 is 19.4 Å².